The summed E-state index contributed by atoms with van der Waals surface area (Å²) in [5.41, 5.74) is 9.55. The molecule has 3 heteroatoms. The fourth-order valence-electron chi connectivity index (χ4n) is 2.69. The van der Waals surface area contributed by atoms with Crippen molar-refractivity contribution in [1.82, 2.24) is 5.32 Å². The molecule has 1 unspecified atom stereocenters. The van der Waals surface area contributed by atoms with Crippen molar-refractivity contribution in [1.29, 1.82) is 0 Å². The van der Waals surface area contributed by atoms with Gasteiger partial charge in [-0.2, -0.15) is 0 Å². The van der Waals surface area contributed by atoms with E-state index in [1.807, 2.05) is 36.4 Å². The largest absolute Gasteiger partial charge is 0.354 e. The Morgan fingerprint density at radius 2 is 1.85 bits per heavy atom. The van der Waals surface area contributed by atoms with Gasteiger partial charge in [-0.15, -0.1) is 0 Å². The summed E-state index contributed by atoms with van der Waals surface area (Å²) in [5.74, 6) is 0.318. The van der Waals surface area contributed by atoms with Crippen LogP contribution in [-0.4, -0.2) is 12.5 Å². The maximum Gasteiger partial charge on any atom is 0.241 e. The average Bonchev–Trinajstić information content (AvgIpc) is 2.48. The molecule has 0 radical (unpaired) electrons. The molecule has 2 atom stereocenters. The zero-order chi connectivity index (χ0) is 13.9. The third-order valence-corrected chi connectivity index (χ3v) is 3.93. The number of carbonyl (C=O) groups excluding carboxylic acids is 1. The molecule has 0 saturated carbocycles. The summed E-state index contributed by atoms with van der Waals surface area (Å²) in [7, 11) is 0. The fourth-order valence-corrected chi connectivity index (χ4v) is 2.69. The van der Waals surface area contributed by atoms with Gasteiger partial charge in [0.15, 0.2) is 0 Å². The van der Waals surface area contributed by atoms with Crippen LogP contribution in [0, 0.1) is 0 Å². The zero-order valence-electron chi connectivity index (χ0n) is 11.3. The summed E-state index contributed by atoms with van der Waals surface area (Å²) in [6.07, 6.45) is 1.04. The molecule has 2 aromatic carbocycles. The van der Waals surface area contributed by atoms with Gasteiger partial charge in [0.25, 0.3) is 0 Å². The topological polar surface area (TPSA) is 55.1 Å². The lowest BCUT2D eigenvalue weighted by atomic mass is 9.77. The van der Waals surface area contributed by atoms with Crippen molar-refractivity contribution in [3.05, 3.63) is 71.3 Å². The van der Waals surface area contributed by atoms with Crippen LogP contribution in [-0.2, 0) is 11.2 Å². The van der Waals surface area contributed by atoms with Crippen molar-refractivity contribution in [2.75, 3.05) is 6.54 Å². The van der Waals surface area contributed by atoms with Gasteiger partial charge in [-0.3, -0.25) is 4.79 Å². The van der Waals surface area contributed by atoms with Crippen molar-refractivity contribution >= 4 is 5.91 Å². The number of amides is 1. The Hall–Kier alpha value is -2.13. The van der Waals surface area contributed by atoms with E-state index >= 15 is 0 Å². The highest BCUT2D eigenvalue weighted by atomic mass is 16.2. The molecule has 0 spiro atoms. The molecule has 3 nitrogen and oxygen atoms in total. The summed E-state index contributed by atoms with van der Waals surface area (Å²) in [6.45, 7) is 0.663. The maximum atomic E-state index is 12.1. The van der Waals surface area contributed by atoms with E-state index in [0.717, 1.165) is 12.0 Å². The first-order valence-corrected chi connectivity index (χ1v) is 6.92. The molecule has 0 aromatic heterocycles. The smallest absolute Gasteiger partial charge is 0.241 e. The van der Waals surface area contributed by atoms with Gasteiger partial charge in [0, 0.05) is 12.5 Å². The average molecular weight is 266 g/mol. The van der Waals surface area contributed by atoms with Crippen LogP contribution in [0.4, 0.5) is 0 Å². The molecule has 102 valence electrons. The highest BCUT2D eigenvalue weighted by Crippen LogP contribution is 2.34. The number of benzene rings is 2. The zero-order valence-corrected chi connectivity index (χ0v) is 11.3. The van der Waals surface area contributed by atoms with Gasteiger partial charge >= 0.3 is 0 Å². The molecule has 2 aromatic rings. The highest BCUT2D eigenvalue weighted by Gasteiger charge is 2.26. The number of nitrogens with two attached hydrogens (primary N) is 1. The molecular weight excluding hydrogens is 248 g/mol. The first-order chi connectivity index (χ1) is 9.75. The Balaban J connectivity index is 1.56. The monoisotopic (exact) mass is 266 g/mol. The predicted molar refractivity (Wildman–Crippen MR) is 79.3 cm³/mol. The third kappa shape index (κ3) is 2.45. The lowest BCUT2D eigenvalue weighted by Gasteiger charge is -2.30. The van der Waals surface area contributed by atoms with E-state index in [9.17, 15) is 4.79 Å². The van der Waals surface area contributed by atoms with Crippen molar-refractivity contribution < 1.29 is 4.79 Å². The van der Waals surface area contributed by atoms with Gasteiger partial charge in [-0.05, 0) is 23.1 Å². The van der Waals surface area contributed by atoms with Crippen LogP contribution in [0.3, 0.4) is 0 Å². The summed E-state index contributed by atoms with van der Waals surface area (Å²) in [4.78, 5) is 12.1. The maximum absolute atomic E-state index is 12.1. The lowest BCUT2D eigenvalue weighted by Crippen LogP contribution is -2.38. The minimum absolute atomic E-state index is 0.111. The minimum Gasteiger partial charge on any atom is -0.354 e. The van der Waals surface area contributed by atoms with E-state index in [2.05, 4.69) is 23.5 Å². The molecule has 3 N–H and O–H groups in total. The normalized spacial score (nSPS) is 17.8. The standard InChI is InChI=1S/C17H18N2O/c18-16(12-6-2-1-3-7-12)17(20)19-11-14-10-13-8-4-5-9-15(13)14/h1-9,14,16H,10-11,18H2,(H,19,20)/t14?,16-/m1/s1. The van der Waals surface area contributed by atoms with Crippen molar-refractivity contribution in [3.8, 4) is 0 Å². The number of nitrogens with one attached hydrogen (secondary N) is 1. The number of fused-ring (bicyclic) bond motifs is 1. The number of hydrogen-bond donors (Lipinski definition) is 2. The first-order valence-electron chi connectivity index (χ1n) is 6.92. The first kappa shape index (κ1) is 12.9. The van der Waals surface area contributed by atoms with Crippen LogP contribution in [0.15, 0.2) is 54.6 Å². The van der Waals surface area contributed by atoms with E-state index < -0.39 is 6.04 Å². The number of hydrogen-bond acceptors (Lipinski definition) is 2. The van der Waals surface area contributed by atoms with Crippen molar-refractivity contribution in [2.45, 2.75) is 18.4 Å². The lowest BCUT2D eigenvalue weighted by molar-refractivity contribution is -0.122. The molecule has 20 heavy (non-hydrogen) atoms. The molecule has 1 aliphatic rings. The van der Waals surface area contributed by atoms with Crippen LogP contribution < -0.4 is 11.1 Å². The fraction of sp³-hybridized carbons (Fsp3) is 0.235. The van der Waals surface area contributed by atoms with Crippen LogP contribution in [0.5, 0.6) is 0 Å². The van der Waals surface area contributed by atoms with E-state index in [1.165, 1.54) is 11.1 Å². The van der Waals surface area contributed by atoms with Gasteiger partial charge in [0.05, 0.1) is 0 Å². The molecule has 0 bridgehead atoms. The Labute approximate surface area is 118 Å². The molecule has 0 fully saturated rings. The number of carbonyl (C=O) groups is 1. The molecule has 3 rings (SSSR count). The summed E-state index contributed by atoms with van der Waals surface area (Å²) < 4.78 is 0. The second-order valence-electron chi connectivity index (χ2n) is 5.23. The molecule has 0 aliphatic heterocycles. The van der Waals surface area contributed by atoms with E-state index in [4.69, 9.17) is 5.73 Å². The molecular formula is C17H18N2O. The number of rotatable bonds is 4. The van der Waals surface area contributed by atoms with Gasteiger partial charge in [0.1, 0.15) is 6.04 Å². The van der Waals surface area contributed by atoms with E-state index in [-0.39, 0.29) is 5.91 Å². The molecule has 0 saturated heterocycles. The minimum atomic E-state index is -0.591. The second kappa shape index (κ2) is 5.47. The third-order valence-electron chi connectivity index (χ3n) is 3.93. The van der Waals surface area contributed by atoms with Crippen LogP contribution >= 0.6 is 0 Å². The van der Waals surface area contributed by atoms with Crippen molar-refractivity contribution in [2.24, 2.45) is 5.73 Å². The Bertz CT molecular complexity index is 609. The van der Waals surface area contributed by atoms with Crippen LogP contribution in [0.25, 0.3) is 0 Å². The van der Waals surface area contributed by atoms with E-state index in [0.29, 0.717) is 12.5 Å². The van der Waals surface area contributed by atoms with Gasteiger partial charge in [-0.25, -0.2) is 0 Å². The summed E-state index contributed by atoms with van der Waals surface area (Å²) >= 11 is 0. The molecule has 1 aliphatic carbocycles. The van der Waals surface area contributed by atoms with Gasteiger partial charge < -0.3 is 11.1 Å². The van der Waals surface area contributed by atoms with Gasteiger partial charge in [-0.1, -0.05) is 54.6 Å². The SMILES string of the molecule is N[C@@H](C(=O)NCC1Cc2ccccc21)c1ccccc1. The van der Waals surface area contributed by atoms with E-state index in [1.54, 1.807) is 0 Å². The quantitative estimate of drug-likeness (QED) is 0.891. The van der Waals surface area contributed by atoms with Crippen molar-refractivity contribution in [3.63, 3.8) is 0 Å². The van der Waals surface area contributed by atoms with Crippen LogP contribution in [0.1, 0.15) is 28.7 Å². The highest BCUT2D eigenvalue weighted by molar-refractivity contribution is 5.83. The van der Waals surface area contributed by atoms with Gasteiger partial charge in [0.2, 0.25) is 5.91 Å². The molecule has 0 heterocycles. The Morgan fingerprint density at radius 3 is 2.60 bits per heavy atom. The Morgan fingerprint density at radius 1 is 1.15 bits per heavy atom. The predicted octanol–water partition coefficient (Wildman–Crippen LogP) is 2.14. The summed E-state index contributed by atoms with van der Waals surface area (Å²) in [5, 5.41) is 2.96. The van der Waals surface area contributed by atoms with Crippen LogP contribution in [0.2, 0.25) is 0 Å². The molecule has 1 amide bonds. The second-order valence-corrected chi connectivity index (χ2v) is 5.23. The summed E-state index contributed by atoms with van der Waals surface area (Å²) in [6, 6.07) is 17.2. The Kier molecular flexibility index (Phi) is 3.52.